The average molecular weight is 366 g/mol. The van der Waals surface area contributed by atoms with Crippen molar-refractivity contribution in [2.75, 3.05) is 52.9 Å². The summed E-state index contributed by atoms with van der Waals surface area (Å²) in [6.07, 6.45) is 1.11. The molecule has 26 heavy (non-hydrogen) atoms. The molecule has 0 unspecified atom stereocenters. The van der Waals surface area contributed by atoms with Crippen LogP contribution in [0.1, 0.15) is 0 Å². The van der Waals surface area contributed by atoms with Gasteiger partial charge in [-0.15, -0.1) is 0 Å². The van der Waals surface area contributed by atoms with Crippen LogP contribution in [0.3, 0.4) is 0 Å². The molecule has 1 aliphatic rings. The molecule has 9 heteroatoms. The lowest BCUT2D eigenvalue weighted by molar-refractivity contribution is -0.139. The van der Waals surface area contributed by atoms with Gasteiger partial charge in [-0.25, -0.2) is 4.79 Å². The number of carbonyl (C=O) groups is 1. The monoisotopic (exact) mass is 366 g/mol. The van der Waals surface area contributed by atoms with Gasteiger partial charge in [0, 0.05) is 6.08 Å². The van der Waals surface area contributed by atoms with Crippen LogP contribution in [-0.4, -0.2) is 66.1 Å². The fourth-order valence-electron chi connectivity index (χ4n) is 1.95. The molecule has 8 nitrogen and oxygen atoms in total. The molecule has 1 aliphatic heterocycles. The molecule has 0 bridgehead atoms. The van der Waals surface area contributed by atoms with Crippen molar-refractivity contribution >= 4 is 13.3 Å². The predicted molar refractivity (Wildman–Crippen MR) is 93.0 cm³/mol. The zero-order valence-corrected chi connectivity index (χ0v) is 14.6. The van der Waals surface area contributed by atoms with Crippen molar-refractivity contribution in [1.82, 2.24) is 0 Å². The van der Waals surface area contributed by atoms with Crippen LogP contribution < -0.4 is 9.31 Å². The highest BCUT2D eigenvalue weighted by atomic mass is 16.8. The van der Waals surface area contributed by atoms with E-state index in [1.54, 1.807) is 0 Å². The highest BCUT2D eigenvalue weighted by molar-refractivity contribution is 6.40. The molecule has 0 atom stereocenters. The molecular formula is C17H23BO8. The van der Waals surface area contributed by atoms with E-state index in [4.69, 9.17) is 32.9 Å². The van der Waals surface area contributed by atoms with Crippen LogP contribution in [0.25, 0.3) is 0 Å². The van der Waals surface area contributed by atoms with Gasteiger partial charge in [-0.05, 0) is 12.1 Å². The lowest BCUT2D eigenvalue weighted by Crippen LogP contribution is -2.30. The summed E-state index contributed by atoms with van der Waals surface area (Å²) in [5, 5.41) is 0. The van der Waals surface area contributed by atoms with Crippen molar-refractivity contribution in [3.63, 3.8) is 0 Å². The molecule has 0 amide bonds. The largest absolute Gasteiger partial charge is 0.788 e. The topological polar surface area (TPSA) is 81.7 Å². The second kappa shape index (κ2) is 12.3. The van der Waals surface area contributed by atoms with Crippen LogP contribution in [0.2, 0.25) is 0 Å². The van der Waals surface area contributed by atoms with Gasteiger partial charge in [0.05, 0.1) is 46.2 Å². The van der Waals surface area contributed by atoms with Crippen molar-refractivity contribution in [3.8, 4) is 11.5 Å². The van der Waals surface area contributed by atoms with Gasteiger partial charge in [0.15, 0.2) is 0 Å². The zero-order valence-electron chi connectivity index (χ0n) is 14.6. The summed E-state index contributed by atoms with van der Waals surface area (Å²) < 4.78 is 37.0. The minimum absolute atomic E-state index is 0.202. The molecular weight excluding hydrogens is 343 g/mol. The SMILES string of the molecule is C=CC(=O)OCCOCCOCCOCCOB1Oc2ccccc2O1. The average Bonchev–Trinajstić information content (AvgIpc) is 3.08. The number of rotatable bonds is 14. The zero-order chi connectivity index (χ0) is 18.5. The third kappa shape index (κ3) is 7.88. The molecule has 0 aliphatic carbocycles. The maximum absolute atomic E-state index is 10.8. The fourth-order valence-corrected chi connectivity index (χ4v) is 1.95. The quantitative estimate of drug-likeness (QED) is 0.211. The van der Waals surface area contributed by atoms with Crippen LogP contribution in [0, 0.1) is 0 Å². The van der Waals surface area contributed by atoms with E-state index in [2.05, 4.69) is 6.58 Å². The number of hydrogen-bond acceptors (Lipinski definition) is 8. The van der Waals surface area contributed by atoms with E-state index < -0.39 is 13.3 Å². The van der Waals surface area contributed by atoms with Crippen LogP contribution in [-0.2, 0) is 28.4 Å². The Bertz CT molecular complexity index is 528. The van der Waals surface area contributed by atoms with E-state index in [-0.39, 0.29) is 6.61 Å². The van der Waals surface area contributed by atoms with E-state index in [0.29, 0.717) is 57.7 Å². The Kier molecular flexibility index (Phi) is 9.59. The second-order valence-corrected chi connectivity index (χ2v) is 5.05. The number of para-hydroxylation sites is 2. The Hall–Kier alpha value is -2.07. The normalized spacial score (nSPS) is 12.2. The summed E-state index contributed by atoms with van der Waals surface area (Å²) >= 11 is 0. The third-order valence-electron chi connectivity index (χ3n) is 3.16. The van der Waals surface area contributed by atoms with Gasteiger partial charge in [-0.2, -0.15) is 0 Å². The van der Waals surface area contributed by atoms with Gasteiger partial charge in [0.25, 0.3) is 0 Å². The van der Waals surface area contributed by atoms with Crippen molar-refractivity contribution in [3.05, 3.63) is 36.9 Å². The first kappa shape index (κ1) is 20.2. The van der Waals surface area contributed by atoms with Crippen molar-refractivity contribution in [1.29, 1.82) is 0 Å². The van der Waals surface area contributed by atoms with Gasteiger partial charge in [0.1, 0.15) is 18.1 Å². The lowest BCUT2D eigenvalue weighted by Gasteiger charge is -2.08. The molecule has 0 N–H and O–H groups in total. The number of esters is 1. The Balaban J connectivity index is 1.32. The first-order valence-corrected chi connectivity index (χ1v) is 8.36. The molecule has 1 aromatic rings. The minimum Gasteiger partial charge on any atom is -0.498 e. The molecule has 0 spiro atoms. The van der Waals surface area contributed by atoms with Crippen molar-refractivity contribution in [2.45, 2.75) is 0 Å². The second-order valence-electron chi connectivity index (χ2n) is 5.05. The first-order chi connectivity index (χ1) is 12.8. The van der Waals surface area contributed by atoms with Gasteiger partial charge >= 0.3 is 13.3 Å². The van der Waals surface area contributed by atoms with E-state index in [1.807, 2.05) is 24.3 Å². The lowest BCUT2D eigenvalue weighted by atomic mass is 10.2. The first-order valence-electron chi connectivity index (χ1n) is 8.36. The molecule has 2 rings (SSSR count). The Morgan fingerprint density at radius 2 is 1.38 bits per heavy atom. The summed E-state index contributed by atoms with van der Waals surface area (Å²) in [6, 6.07) is 7.39. The Morgan fingerprint density at radius 3 is 1.92 bits per heavy atom. The van der Waals surface area contributed by atoms with Crippen molar-refractivity contribution < 1.29 is 37.7 Å². The maximum atomic E-state index is 10.8. The van der Waals surface area contributed by atoms with Crippen molar-refractivity contribution in [2.24, 2.45) is 0 Å². The molecule has 1 heterocycles. The molecule has 142 valence electrons. The smallest absolute Gasteiger partial charge is 0.498 e. The summed E-state index contributed by atoms with van der Waals surface area (Å²) in [6.45, 7) is 6.36. The molecule has 0 aromatic heterocycles. The maximum Gasteiger partial charge on any atom is 0.788 e. The summed E-state index contributed by atoms with van der Waals surface area (Å²) in [5.74, 6) is 0.891. The third-order valence-corrected chi connectivity index (χ3v) is 3.16. The molecule has 1 aromatic carbocycles. The van der Waals surface area contributed by atoms with E-state index in [0.717, 1.165) is 6.08 Å². The number of fused-ring (bicyclic) bond motifs is 1. The molecule has 0 saturated carbocycles. The van der Waals surface area contributed by atoms with Crippen LogP contribution >= 0.6 is 0 Å². The molecule has 0 radical (unpaired) electrons. The minimum atomic E-state index is -0.727. The number of benzene rings is 1. The van der Waals surface area contributed by atoms with E-state index in [9.17, 15) is 4.79 Å². The molecule has 0 saturated heterocycles. The number of hydrogen-bond donors (Lipinski definition) is 0. The van der Waals surface area contributed by atoms with Crippen LogP contribution in [0.5, 0.6) is 11.5 Å². The van der Waals surface area contributed by atoms with Gasteiger partial charge < -0.3 is 32.9 Å². The summed E-state index contributed by atoms with van der Waals surface area (Å²) in [4.78, 5) is 10.8. The van der Waals surface area contributed by atoms with Crippen LogP contribution in [0.4, 0.5) is 0 Å². The fraction of sp³-hybridized carbons (Fsp3) is 0.471. The summed E-state index contributed by atoms with van der Waals surface area (Å²) in [5.41, 5.74) is 0. The standard InChI is InChI=1S/C17H23BO8/c1-2-17(19)23-13-11-21-9-7-20-8-10-22-12-14-24-18-25-15-5-3-4-6-16(15)26-18/h2-6H,1,7-14H2. The Morgan fingerprint density at radius 1 is 0.885 bits per heavy atom. The van der Waals surface area contributed by atoms with Crippen LogP contribution in [0.15, 0.2) is 36.9 Å². The highest BCUT2D eigenvalue weighted by Crippen LogP contribution is 2.32. The summed E-state index contributed by atoms with van der Waals surface area (Å²) in [7, 11) is -0.727. The van der Waals surface area contributed by atoms with E-state index in [1.165, 1.54) is 0 Å². The van der Waals surface area contributed by atoms with Gasteiger partial charge in [0.2, 0.25) is 0 Å². The number of ether oxygens (including phenoxy) is 4. The van der Waals surface area contributed by atoms with Gasteiger partial charge in [-0.1, -0.05) is 18.7 Å². The highest BCUT2D eigenvalue weighted by Gasteiger charge is 2.34. The Labute approximate surface area is 153 Å². The van der Waals surface area contributed by atoms with Gasteiger partial charge in [-0.3, -0.25) is 0 Å². The van der Waals surface area contributed by atoms with E-state index >= 15 is 0 Å². The molecule has 0 fully saturated rings. The number of carbonyl (C=O) groups excluding carboxylic acids is 1. The predicted octanol–water partition coefficient (Wildman–Crippen LogP) is 1.24.